The number of carbonyl (C=O) groups excluding carboxylic acids is 5. The molecule has 2 aromatic rings. The molecule has 1 amide bonds. The van der Waals surface area contributed by atoms with E-state index in [1.807, 2.05) is 26.0 Å². The Balaban J connectivity index is 1.28. The van der Waals surface area contributed by atoms with Gasteiger partial charge in [-0.25, -0.2) is 14.4 Å². The van der Waals surface area contributed by atoms with Gasteiger partial charge in [-0.15, -0.1) is 0 Å². The fourth-order valence-corrected chi connectivity index (χ4v) is 7.93. The van der Waals surface area contributed by atoms with E-state index in [4.69, 9.17) is 18.9 Å². The molecule has 252 valence electrons. The number of amides is 1. The van der Waals surface area contributed by atoms with E-state index in [2.05, 4.69) is 12.4 Å². The first-order valence-electron chi connectivity index (χ1n) is 16.4. The SMILES string of the molecule is CC(=O)NC(C(=O)OC[N+]1(C)CC[C@]23CCCC[C@H]2[C@H]1Cc1ccc(OC(=O)COC(=O)c2ccccc2OC(C)=O)cc13)C(C)C. The fraction of sp³-hybridized carbons (Fsp3) is 0.528. The number of piperidine rings is 1. The van der Waals surface area contributed by atoms with Crippen LogP contribution in [0.15, 0.2) is 42.5 Å². The van der Waals surface area contributed by atoms with E-state index in [1.54, 1.807) is 18.2 Å². The van der Waals surface area contributed by atoms with E-state index in [9.17, 15) is 24.0 Å². The maximum absolute atomic E-state index is 13.1. The standard InChI is InChI=1S/C36H44N2O9/c1-22(2)33(37-23(3)39)35(43)45-21-38(5)17-16-36-15-9-8-11-28(36)30(38)18-25-13-14-26(19-29(25)36)47-32(41)20-44-34(42)27-10-6-7-12-31(27)46-24(4)40/h6-7,10,12-14,19,22,28,30,33H,8-9,11,15-18,20-21H2,1-5H3/p+1/t28-,30+,33?,36+,38?/m0/s1. The summed E-state index contributed by atoms with van der Waals surface area (Å²) in [6.07, 6.45) is 6.07. The lowest BCUT2D eigenvalue weighted by molar-refractivity contribution is -0.959. The van der Waals surface area contributed by atoms with Gasteiger partial charge in [0.05, 0.1) is 19.6 Å². The second-order valence-electron chi connectivity index (χ2n) is 13.7. The van der Waals surface area contributed by atoms with Crippen LogP contribution < -0.4 is 14.8 Å². The zero-order chi connectivity index (χ0) is 33.9. The summed E-state index contributed by atoms with van der Waals surface area (Å²) in [7, 11) is 2.17. The maximum atomic E-state index is 13.1. The van der Waals surface area contributed by atoms with E-state index >= 15 is 0 Å². The molecule has 2 fully saturated rings. The number of hydrogen-bond donors (Lipinski definition) is 1. The molecule has 0 radical (unpaired) electrons. The molecule has 1 saturated heterocycles. The van der Waals surface area contributed by atoms with E-state index in [0.29, 0.717) is 16.2 Å². The molecule has 2 bridgehead atoms. The highest BCUT2D eigenvalue weighted by Crippen LogP contribution is 2.57. The molecule has 0 aromatic heterocycles. The monoisotopic (exact) mass is 649 g/mol. The maximum Gasteiger partial charge on any atom is 0.349 e. The Kier molecular flexibility index (Phi) is 10.0. The normalized spacial score (nSPS) is 25.0. The first-order chi connectivity index (χ1) is 22.3. The van der Waals surface area contributed by atoms with Crippen molar-refractivity contribution in [3.63, 3.8) is 0 Å². The third kappa shape index (κ3) is 7.20. The number of hydrogen-bond acceptors (Lipinski definition) is 9. The number of nitrogens with one attached hydrogen (secondary N) is 1. The molecule has 11 heteroatoms. The minimum absolute atomic E-state index is 0.0335. The second-order valence-corrected chi connectivity index (χ2v) is 13.7. The molecule has 2 aromatic carbocycles. The van der Waals surface area contributed by atoms with Gasteiger partial charge in [-0.2, -0.15) is 0 Å². The van der Waals surface area contributed by atoms with Gasteiger partial charge in [0.15, 0.2) is 6.61 Å². The molecular formula is C36H45N2O9+. The lowest BCUT2D eigenvalue weighted by Gasteiger charge is -2.61. The number of carbonyl (C=O) groups is 5. The first kappa shape index (κ1) is 34.1. The summed E-state index contributed by atoms with van der Waals surface area (Å²) in [4.78, 5) is 61.6. The minimum Gasteiger partial charge on any atom is -0.450 e. The van der Waals surface area contributed by atoms with Gasteiger partial charge in [-0.3, -0.25) is 14.1 Å². The summed E-state index contributed by atoms with van der Waals surface area (Å²) in [5, 5.41) is 2.73. The van der Waals surface area contributed by atoms with Crippen molar-refractivity contribution in [2.75, 3.05) is 26.9 Å². The molecule has 3 aliphatic rings. The summed E-state index contributed by atoms with van der Waals surface area (Å²) in [5.41, 5.74) is 2.38. The predicted molar refractivity (Wildman–Crippen MR) is 170 cm³/mol. The number of quaternary nitrogens is 1. The van der Waals surface area contributed by atoms with Gasteiger partial charge in [-0.1, -0.05) is 44.9 Å². The Morgan fingerprint density at radius 2 is 1.74 bits per heavy atom. The Bertz CT molecular complexity index is 1550. The number of rotatable bonds is 10. The van der Waals surface area contributed by atoms with Gasteiger partial charge in [-0.05, 0) is 54.2 Å². The number of nitrogens with zero attached hydrogens (tertiary/aromatic N) is 1. The number of fused-ring (bicyclic) bond motifs is 1. The average Bonchev–Trinajstić information content (AvgIpc) is 3.03. The molecule has 2 aliphatic carbocycles. The van der Waals surface area contributed by atoms with Crippen LogP contribution in [-0.4, -0.2) is 73.3 Å². The predicted octanol–water partition coefficient (Wildman–Crippen LogP) is 4.24. The van der Waals surface area contributed by atoms with Crippen LogP contribution in [-0.2, 0) is 40.5 Å². The summed E-state index contributed by atoms with van der Waals surface area (Å²) in [6.45, 7) is 6.88. The molecule has 5 rings (SSSR count). The van der Waals surface area contributed by atoms with Crippen molar-refractivity contribution in [3.8, 4) is 11.5 Å². The third-order valence-electron chi connectivity index (χ3n) is 10.2. The van der Waals surface area contributed by atoms with Crippen LogP contribution in [0.5, 0.6) is 11.5 Å². The van der Waals surface area contributed by atoms with Gasteiger partial charge in [0.25, 0.3) is 0 Å². The van der Waals surface area contributed by atoms with Crippen molar-refractivity contribution in [1.82, 2.24) is 5.32 Å². The van der Waals surface area contributed by atoms with Crippen molar-refractivity contribution < 1.29 is 47.4 Å². The highest BCUT2D eigenvalue weighted by atomic mass is 16.6. The molecule has 47 heavy (non-hydrogen) atoms. The van der Waals surface area contributed by atoms with Crippen molar-refractivity contribution >= 4 is 29.8 Å². The number of esters is 4. The smallest absolute Gasteiger partial charge is 0.349 e. The van der Waals surface area contributed by atoms with Crippen LogP contribution in [0.1, 0.15) is 81.3 Å². The summed E-state index contributed by atoms with van der Waals surface area (Å²) in [5.74, 6) is -2.03. The lowest BCUT2D eigenvalue weighted by atomic mass is 9.52. The minimum atomic E-state index is -0.803. The van der Waals surface area contributed by atoms with E-state index in [1.165, 1.54) is 37.1 Å². The first-order valence-corrected chi connectivity index (χ1v) is 16.4. The highest BCUT2D eigenvalue weighted by Gasteiger charge is 2.59. The number of likely N-dealkylation sites (tertiary alicyclic amines) is 1. The molecule has 11 nitrogen and oxygen atoms in total. The zero-order valence-corrected chi connectivity index (χ0v) is 27.8. The van der Waals surface area contributed by atoms with Gasteiger partial charge in [0.2, 0.25) is 12.6 Å². The van der Waals surface area contributed by atoms with Crippen molar-refractivity contribution in [1.29, 1.82) is 0 Å². The topological polar surface area (TPSA) is 134 Å². The van der Waals surface area contributed by atoms with Crippen molar-refractivity contribution in [2.45, 2.75) is 83.7 Å². The van der Waals surface area contributed by atoms with Crippen molar-refractivity contribution in [2.24, 2.45) is 11.8 Å². The summed E-state index contributed by atoms with van der Waals surface area (Å²) >= 11 is 0. The van der Waals surface area contributed by atoms with Gasteiger partial charge < -0.3 is 24.3 Å². The number of ether oxygens (including phenoxy) is 4. The quantitative estimate of drug-likeness (QED) is 0.228. The zero-order valence-electron chi connectivity index (χ0n) is 27.8. The number of likely N-dealkylation sites (N-methyl/N-ethyl adjacent to an activating group) is 1. The third-order valence-corrected chi connectivity index (χ3v) is 10.2. The van der Waals surface area contributed by atoms with Gasteiger partial charge in [0, 0.05) is 38.0 Å². The van der Waals surface area contributed by atoms with Gasteiger partial charge in [0.1, 0.15) is 23.1 Å². The fourth-order valence-electron chi connectivity index (χ4n) is 7.93. The average molecular weight is 650 g/mol. The van der Waals surface area contributed by atoms with E-state index < -0.39 is 36.5 Å². The van der Waals surface area contributed by atoms with Crippen molar-refractivity contribution in [3.05, 3.63) is 59.2 Å². The largest absolute Gasteiger partial charge is 0.450 e. The molecule has 2 unspecified atom stereocenters. The molecule has 5 atom stereocenters. The molecule has 0 spiro atoms. The van der Waals surface area contributed by atoms with E-state index in [0.717, 1.165) is 45.1 Å². The van der Waals surface area contributed by atoms with Crippen LogP contribution in [0.2, 0.25) is 0 Å². The summed E-state index contributed by atoms with van der Waals surface area (Å²) in [6, 6.07) is 11.5. The molecule has 1 aliphatic heterocycles. The molecule has 1 saturated carbocycles. The highest BCUT2D eigenvalue weighted by molar-refractivity contribution is 5.94. The van der Waals surface area contributed by atoms with Gasteiger partial charge >= 0.3 is 23.9 Å². The molecular weight excluding hydrogens is 604 g/mol. The summed E-state index contributed by atoms with van der Waals surface area (Å²) < 4.78 is 22.5. The number of para-hydroxylation sites is 1. The lowest BCUT2D eigenvalue weighted by Crippen LogP contribution is -2.69. The molecule has 1 N–H and O–H groups in total. The van der Waals surface area contributed by atoms with Crippen LogP contribution in [0.4, 0.5) is 0 Å². The van der Waals surface area contributed by atoms with Crippen LogP contribution in [0.3, 0.4) is 0 Å². The number of benzene rings is 2. The Morgan fingerprint density at radius 1 is 0.979 bits per heavy atom. The second kappa shape index (κ2) is 13.9. The van der Waals surface area contributed by atoms with Crippen LogP contribution in [0.25, 0.3) is 0 Å². The Labute approximate surface area is 275 Å². The van der Waals surface area contributed by atoms with Crippen LogP contribution >= 0.6 is 0 Å². The molecule has 1 heterocycles. The Morgan fingerprint density at radius 3 is 2.47 bits per heavy atom. The Hall–Kier alpha value is -4.25. The van der Waals surface area contributed by atoms with E-state index in [-0.39, 0.29) is 41.3 Å². The van der Waals surface area contributed by atoms with Crippen LogP contribution in [0, 0.1) is 11.8 Å².